The van der Waals surface area contributed by atoms with Crippen LogP contribution in [-0.4, -0.2) is 17.9 Å². The summed E-state index contributed by atoms with van der Waals surface area (Å²) in [5.74, 6) is -1.29. The number of nitrogens with two attached hydrogens (primary N) is 1. The lowest BCUT2D eigenvalue weighted by Crippen LogP contribution is -2.32. The number of carbonyl (C=O) groups is 1. The molecule has 0 radical (unpaired) electrons. The molecule has 130 valence electrons. The van der Waals surface area contributed by atoms with Gasteiger partial charge in [-0.3, -0.25) is 4.79 Å². The number of halogens is 3. The van der Waals surface area contributed by atoms with Gasteiger partial charge >= 0.3 is 0 Å². The van der Waals surface area contributed by atoms with E-state index in [9.17, 15) is 13.6 Å². The van der Waals surface area contributed by atoms with Gasteiger partial charge in [0.15, 0.2) is 0 Å². The minimum absolute atomic E-state index is 0. The van der Waals surface area contributed by atoms with Gasteiger partial charge in [-0.15, -0.1) is 12.4 Å². The molecule has 0 saturated heterocycles. The standard InChI is InChI=1S/C18H20F2N2O.ClH/c1-12(15-10-14(19)8-9-16(15)20)22(2)18(23)11-17(21)13-6-4-3-5-7-13;/h3-10,12,17H,11,21H2,1-2H3;1H. The number of rotatable bonds is 5. The van der Waals surface area contributed by atoms with E-state index in [1.807, 2.05) is 30.3 Å². The summed E-state index contributed by atoms with van der Waals surface area (Å²) in [6, 6.07) is 11.5. The van der Waals surface area contributed by atoms with Crippen LogP contribution in [0.15, 0.2) is 48.5 Å². The first-order valence-electron chi connectivity index (χ1n) is 7.41. The Hall–Kier alpha value is -1.98. The third-order valence-electron chi connectivity index (χ3n) is 4.00. The predicted octanol–water partition coefficient (Wildman–Crippen LogP) is 4.00. The monoisotopic (exact) mass is 354 g/mol. The van der Waals surface area contributed by atoms with Gasteiger partial charge in [0.05, 0.1) is 6.04 Å². The fourth-order valence-electron chi connectivity index (χ4n) is 2.41. The van der Waals surface area contributed by atoms with E-state index in [2.05, 4.69) is 0 Å². The van der Waals surface area contributed by atoms with Crippen LogP contribution in [-0.2, 0) is 4.79 Å². The molecule has 24 heavy (non-hydrogen) atoms. The predicted molar refractivity (Wildman–Crippen MR) is 92.8 cm³/mol. The van der Waals surface area contributed by atoms with Crippen LogP contribution in [0.25, 0.3) is 0 Å². The Labute approximate surface area is 146 Å². The first-order chi connectivity index (χ1) is 10.9. The molecule has 0 aliphatic carbocycles. The molecule has 3 nitrogen and oxygen atoms in total. The molecule has 0 aliphatic heterocycles. The van der Waals surface area contributed by atoms with E-state index in [0.29, 0.717) is 0 Å². The Bertz CT molecular complexity index is 682. The van der Waals surface area contributed by atoms with Crippen molar-refractivity contribution in [3.63, 3.8) is 0 Å². The number of benzene rings is 2. The van der Waals surface area contributed by atoms with Crippen LogP contribution in [0.3, 0.4) is 0 Å². The van der Waals surface area contributed by atoms with Crippen molar-refractivity contribution in [2.75, 3.05) is 7.05 Å². The summed E-state index contributed by atoms with van der Waals surface area (Å²) in [7, 11) is 1.56. The summed E-state index contributed by atoms with van der Waals surface area (Å²) >= 11 is 0. The molecule has 2 unspecified atom stereocenters. The molecular weight excluding hydrogens is 334 g/mol. The zero-order valence-electron chi connectivity index (χ0n) is 13.6. The first-order valence-corrected chi connectivity index (χ1v) is 7.41. The minimum Gasteiger partial charge on any atom is -0.339 e. The lowest BCUT2D eigenvalue weighted by Gasteiger charge is -2.27. The van der Waals surface area contributed by atoms with Crippen molar-refractivity contribution in [1.29, 1.82) is 0 Å². The smallest absolute Gasteiger partial charge is 0.224 e. The summed E-state index contributed by atoms with van der Waals surface area (Å²) in [6.07, 6.45) is 0.0990. The largest absolute Gasteiger partial charge is 0.339 e. The highest BCUT2D eigenvalue weighted by molar-refractivity contribution is 5.85. The fraction of sp³-hybridized carbons (Fsp3) is 0.278. The molecule has 2 atom stereocenters. The van der Waals surface area contributed by atoms with Crippen molar-refractivity contribution in [3.05, 3.63) is 71.3 Å². The van der Waals surface area contributed by atoms with Gasteiger partial charge in [-0.1, -0.05) is 30.3 Å². The van der Waals surface area contributed by atoms with E-state index in [0.717, 1.165) is 23.8 Å². The van der Waals surface area contributed by atoms with Crippen LogP contribution >= 0.6 is 12.4 Å². The van der Waals surface area contributed by atoms with Gasteiger partial charge in [0.25, 0.3) is 0 Å². The zero-order chi connectivity index (χ0) is 17.0. The van der Waals surface area contributed by atoms with Gasteiger partial charge in [-0.25, -0.2) is 8.78 Å². The number of hydrogen-bond donors (Lipinski definition) is 1. The molecule has 2 rings (SSSR count). The number of nitrogens with zero attached hydrogens (tertiary/aromatic N) is 1. The Morgan fingerprint density at radius 3 is 2.42 bits per heavy atom. The van der Waals surface area contributed by atoms with Crippen molar-refractivity contribution in [2.24, 2.45) is 5.73 Å². The molecule has 0 spiro atoms. The Morgan fingerprint density at radius 2 is 1.79 bits per heavy atom. The van der Waals surface area contributed by atoms with Crippen molar-refractivity contribution in [2.45, 2.75) is 25.4 Å². The molecule has 2 N–H and O–H groups in total. The van der Waals surface area contributed by atoms with Crippen LogP contribution < -0.4 is 5.73 Å². The van der Waals surface area contributed by atoms with E-state index in [4.69, 9.17) is 5.73 Å². The van der Waals surface area contributed by atoms with Crippen LogP contribution in [0.4, 0.5) is 8.78 Å². The summed E-state index contributed by atoms with van der Waals surface area (Å²) in [5.41, 5.74) is 7.05. The van der Waals surface area contributed by atoms with Crippen LogP contribution in [0.5, 0.6) is 0 Å². The van der Waals surface area contributed by atoms with Crippen LogP contribution in [0.1, 0.15) is 36.6 Å². The summed E-state index contributed by atoms with van der Waals surface area (Å²) in [4.78, 5) is 13.8. The van der Waals surface area contributed by atoms with Crippen molar-refractivity contribution in [3.8, 4) is 0 Å². The molecule has 2 aromatic rings. The average molecular weight is 355 g/mol. The maximum Gasteiger partial charge on any atom is 0.224 e. The van der Waals surface area contributed by atoms with E-state index >= 15 is 0 Å². The van der Waals surface area contributed by atoms with Gasteiger partial charge in [-0.2, -0.15) is 0 Å². The highest BCUT2D eigenvalue weighted by atomic mass is 35.5. The Kier molecular flexibility index (Phi) is 7.32. The van der Waals surface area contributed by atoms with Crippen molar-refractivity contribution < 1.29 is 13.6 Å². The SMILES string of the molecule is CC(c1cc(F)ccc1F)N(C)C(=O)CC(N)c1ccccc1.Cl. The Morgan fingerprint density at radius 1 is 1.17 bits per heavy atom. The normalized spacial score (nSPS) is 12.9. The van der Waals surface area contributed by atoms with Crippen LogP contribution in [0, 0.1) is 11.6 Å². The second-order valence-electron chi connectivity index (χ2n) is 5.57. The van der Waals surface area contributed by atoms with Gasteiger partial charge < -0.3 is 10.6 Å². The molecule has 0 fully saturated rings. The number of amides is 1. The maximum absolute atomic E-state index is 13.8. The molecular formula is C18H21ClF2N2O. The molecule has 0 heterocycles. The van der Waals surface area contributed by atoms with Crippen molar-refractivity contribution in [1.82, 2.24) is 4.90 Å². The van der Waals surface area contributed by atoms with Crippen molar-refractivity contribution >= 4 is 18.3 Å². The van der Waals surface area contributed by atoms with Crippen LogP contribution in [0.2, 0.25) is 0 Å². The summed E-state index contributed by atoms with van der Waals surface area (Å²) in [6.45, 7) is 1.66. The topological polar surface area (TPSA) is 46.3 Å². The van der Waals surface area contributed by atoms with Gasteiger partial charge in [0.2, 0.25) is 5.91 Å². The zero-order valence-corrected chi connectivity index (χ0v) is 14.4. The highest BCUT2D eigenvalue weighted by Gasteiger charge is 2.22. The second-order valence-corrected chi connectivity index (χ2v) is 5.57. The lowest BCUT2D eigenvalue weighted by atomic mass is 10.0. The molecule has 0 aromatic heterocycles. The van der Waals surface area contributed by atoms with E-state index < -0.39 is 23.7 Å². The number of carbonyl (C=O) groups excluding carboxylic acids is 1. The Balaban J connectivity index is 0.00000288. The minimum atomic E-state index is -0.582. The molecule has 0 aliphatic rings. The molecule has 0 bridgehead atoms. The van der Waals surface area contributed by atoms with Gasteiger partial charge in [0.1, 0.15) is 11.6 Å². The second kappa shape index (κ2) is 8.76. The third-order valence-corrected chi connectivity index (χ3v) is 4.00. The first kappa shape index (κ1) is 20.1. The highest BCUT2D eigenvalue weighted by Crippen LogP contribution is 2.24. The fourth-order valence-corrected chi connectivity index (χ4v) is 2.41. The molecule has 1 amide bonds. The van der Waals surface area contributed by atoms with E-state index in [-0.39, 0.29) is 30.3 Å². The van der Waals surface area contributed by atoms with E-state index in [1.165, 1.54) is 4.90 Å². The lowest BCUT2D eigenvalue weighted by molar-refractivity contribution is -0.132. The van der Waals surface area contributed by atoms with Gasteiger partial charge in [-0.05, 0) is 30.7 Å². The third kappa shape index (κ3) is 4.76. The summed E-state index contributed by atoms with van der Waals surface area (Å²) in [5, 5.41) is 0. The van der Waals surface area contributed by atoms with E-state index in [1.54, 1.807) is 14.0 Å². The molecule has 2 aromatic carbocycles. The number of hydrogen-bond acceptors (Lipinski definition) is 2. The molecule has 0 saturated carbocycles. The average Bonchev–Trinajstić information content (AvgIpc) is 2.56. The quantitative estimate of drug-likeness (QED) is 0.882. The summed E-state index contributed by atoms with van der Waals surface area (Å²) < 4.78 is 27.2. The maximum atomic E-state index is 13.8. The molecule has 6 heteroatoms. The van der Waals surface area contributed by atoms with Gasteiger partial charge in [0, 0.05) is 25.1 Å².